The number of anilines is 2. The van der Waals surface area contributed by atoms with E-state index in [9.17, 15) is 24.1 Å². The quantitative estimate of drug-likeness (QED) is 0.446. The number of carbonyl (C=O) groups is 2. The average molecular weight is 398 g/mol. The first-order valence-corrected chi connectivity index (χ1v) is 9.30. The van der Waals surface area contributed by atoms with Crippen LogP contribution in [0, 0.1) is 15.9 Å². The number of nitro groups is 1. The molecule has 2 aliphatic heterocycles. The van der Waals surface area contributed by atoms with E-state index in [1.165, 1.54) is 36.4 Å². The van der Waals surface area contributed by atoms with E-state index in [-0.39, 0.29) is 23.9 Å². The van der Waals surface area contributed by atoms with E-state index in [0.717, 1.165) is 10.6 Å². The standard InChI is InChI=1S/C20H19FN4O4/c21-14-1-3-16(4-2-14)24-19(26)13-18(20(24)27)23-11-9-22(10-12-23)15-5-7-17(8-6-15)25(28)29/h1-8,18H,9-13H2. The molecule has 0 saturated carbocycles. The first-order chi connectivity index (χ1) is 13.9. The summed E-state index contributed by atoms with van der Waals surface area (Å²) in [7, 11) is 0. The monoisotopic (exact) mass is 398 g/mol. The van der Waals surface area contributed by atoms with E-state index in [1.807, 2.05) is 4.90 Å². The molecule has 2 fully saturated rings. The maximum absolute atomic E-state index is 13.1. The van der Waals surface area contributed by atoms with Crippen LogP contribution in [0.15, 0.2) is 48.5 Å². The van der Waals surface area contributed by atoms with Gasteiger partial charge in [0.1, 0.15) is 5.82 Å². The Morgan fingerprint density at radius 2 is 1.48 bits per heavy atom. The third kappa shape index (κ3) is 3.68. The van der Waals surface area contributed by atoms with Crippen molar-refractivity contribution >= 4 is 28.9 Å². The van der Waals surface area contributed by atoms with Gasteiger partial charge in [0.2, 0.25) is 5.91 Å². The van der Waals surface area contributed by atoms with Crippen molar-refractivity contribution in [2.24, 2.45) is 0 Å². The van der Waals surface area contributed by atoms with Crippen molar-refractivity contribution in [2.75, 3.05) is 36.0 Å². The molecule has 2 aromatic carbocycles. The van der Waals surface area contributed by atoms with Crippen LogP contribution in [-0.2, 0) is 9.59 Å². The molecule has 0 aromatic heterocycles. The molecule has 2 aromatic rings. The lowest BCUT2D eigenvalue weighted by Crippen LogP contribution is -2.52. The van der Waals surface area contributed by atoms with Gasteiger partial charge in [-0.2, -0.15) is 0 Å². The number of hydrogen-bond acceptors (Lipinski definition) is 6. The van der Waals surface area contributed by atoms with Gasteiger partial charge < -0.3 is 4.90 Å². The molecular weight excluding hydrogens is 379 g/mol. The second kappa shape index (κ2) is 7.59. The number of piperazine rings is 1. The van der Waals surface area contributed by atoms with Gasteiger partial charge in [-0.25, -0.2) is 9.29 Å². The van der Waals surface area contributed by atoms with Crippen molar-refractivity contribution in [2.45, 2.75) is 12.5 Å². The summed E-state index contributed by atoms with van der Waals surface area (Å²) < 4.78 is 13.1. The van der Waals surface area contributed by atoms with Gasteiger partial charge in [0, 0.05) is 44.0 Å². The van der Waals surface area contributed by atoms with Crippen LogP contribution in [0.2, 0.25) is 0 Å². The highest BCUT2D eigenvalue weighted by Crippen LogP contribution is 2.27. The lowest BCUT2D eigenvalue weighted by molar-refractivity contribution is -0.384. The SMILES string of the molecule is O=C1CC(N2CCN(c3ccc([N+](=O)[O-])cc3)CC2)C(=O)N1c1ccc(F)cc1. The molecule has 4 rings (SSSR count). The normalized spacial score (nSPS) is 20.4. The molecule has 8 nitrogen and oxygen atoms in total. The second-order valence-corrected chi connectivity index (χ2v) is 7.06. The van der Waals surface area contributed by atoms with Crippen molar-refractivity contribution in [1.82, 2.24) is 4.90 Å². The number of halogens is 1. The zero-order chi connectivity index (χ0) is 20.5. The lowest BCUT2D eigenvalue weighted by Gasteiger charge is -2.38. The third-order valence-electron chi connectivity index (χ3n) is 5.39. The molecule has 1 atom stereocenters. The highest BCUT2D eigenvalue weighted by molar-refractivity contribution is 6.22. The van der Waals surface area contributed by atoms with Crippen LogP contribution in [0.5, 0.6) is 0 Å². The molecule has 0 radical (unpaired) electrons. The molecule has 2 heterocycles. The zero-order valence-corrected chi connectivity index (χ0v) is 15.5. The van der Waals surface area contributed by atoms with E-state index in [1.54, 1.807) is 12.1 Å². The summed E-state index contributed by atoms with van der Waals surface area (Å²) >= 11 is 0. The number of carbonyl (C=O) groups excluding carboxylic acids is 2. The molecule has 2 aliphatic rings. The molecule has 9 heteroatoms. The van der Waals surface area contributed by atoms with Crippen molar-refractivity contribution in [3.05, 3.63) is 64.5 Å². The van der Waals surface area contributed by atoms with Gasteiger partial charge in [-0.15, -0.1) is 0 Å². The van der Waals surface area contributed by atoms with Gasteiger partial charge in [-0.3, -0.25) is 24.6 Å². The molecule has 2 saturated heterocycles. The smallest absolute Gasteiger partial charge is 0.269 e. The molecule has 0 N–H and O–H groups in total. The van der Waals surface area contributed by atoms with Gasteiger partial charge in [0.05, 0.1) is 23.1 Å². The van der Waals surface area contributed by atoms with E-state index in [4.69, 9.17) is 0 Å². The number of imide groups is 1. The molecule has 2 amide bonds. The molecular formula is C20H19FN4O4. The van der Waals surface area contributed by atoms with Crippen LogP contribution in [0.1, 0.15) is 6.42 Å². The van der Waals surface area contributed by atoms with Crippen LogP contribution < -0.4 is 9.80 Å². The number of non-ortho nitro benzene ring substituents is 1. The Balaban J connectivity index is 1.41. The number of rotatable bonds is 4. The molecule has 0 bridgehead atoms. The first-order valence-electron chi connectivity index (χ1n) is 9.30. The van der Waals surface area contributed by atoms with Crippen LogP contribution in [-0.4, -0.2) is 53.9 Å². The number of nitrogens with zero attached hydrogens (tertiary/aromatic N) is 4. The highest BCUT2D eigenvalue weighted by Gasteiger charge is 2.43. The summed E-state index contributed by atoms with van der Waals surface area (Å²) in [6.07, 6.45) is 0.105. The number of nitro benzene ring substituents is 1. The van der Waals surface area contributed by atoms with Crippen LogP contribution in [0.25, 0.3) is 0 Å². The Bertz CT molecular complexity index is 940. The minimum absolute atomic E-state index is 0.0448. The summed E-state index contributed by atoms with van der Waals surface area (Å²) in [5.41, 5.74) is 1.31. The molecule has 0 spiro atoms. The van der Waals surface area contributed by atoms with Gasteiger partial charge in [-0.1, -0.05) is 0 Å². The van der Waals surface area contributed by atoms with E-state index < -0.39 is 16.8 Å². The van der Waals surface area contributed by atoms with E-state index >= 15 is 0 Å². The second-order valence-electron chi connectivity index (χ2n) is 7.06. The molecule has 150 valence electrons. The Labute approximate surface area is 166 Å². The highest BCUT2D eigenvalue weighted by atomic mass is 19.1. The Hall–Kier alpha value is -3.33. The zero-order valence-electron chi connectivity index (χ0n) is 15.5. The number of benzene rings is 2. The largest absolute Gasteiger partial charge is 0.369 e. The third-order valence-corrected chi connectivity index (χ3v) is 5.39. The fourth-order valence-electron chi connectivity index (χ4n) is 3.84. The molecule has 1 unspecified atom stereocenters. The van der Waals surface area contributed by atoms with Crippen LogP contribution >= 0.6 is 0 Å². The summed E-state index contributed by atoms with van der Waals surface area (Å²) in [5.74, 6) is -0.999. The summed E-state index contributed by atoms with van der Waals surface area (Å²) in [5, 5.41) is 10.8. The summed E-state index contributed by atoms with van der Waals surface area (Å²) in [6.45, 7) is 2.48. The fourth-order valence-corrected chi connectivity index (χ4v) is 3.84. The van der Waals surface area contributed by atoms with Crippen LogP contribution in [0.4, 0.5) is 21.5 Å². The average Bonchev–Trinajstić information content (AvgIpc) is 3.03. The van der Waals surface area contributed by atoms with Crippen LogP contribution in [0.3, 0.4) is 0 Å². The topological polar surface area (TPSA) is 87.0 Å². The predicted molar refractivity (Wildman–Crippen MR) is 104 cm³/mol. The van der Waals surface area contributed by atoms with Gasteiger partial charge in [0.15, 0.2) is 0 Å². The van der Waals surface area contributed by atoms with Gasteiger partial charge >= 0.3 is 0 Å². The minimum Gasteiger partial charge on any atom is -0.369 e. The Morgan fingerprint density at radius 3 is 2.07 bits per heavy atom. The van der Waals surface area contributed by atoms with Crippen molar-refractivity contribution in [3.63, 3.8) is 0 Å². The summed E-state index contributed by atoms with van der Waals surface area (Å²) in [4.78, 5) is 40.8. The van der Waals surface area contributed by atoms with Crippen molar-refractivity contribution in [3.8, 4) is 0 Å². The maximum Gasteiger partial charge on any atom is 0.269 e. The van der Waals surface area contributed by atoms with Crippen molar-refractivity contribution in [1.29, 1.82) is 0 Å². The predicted octanol–water partition coefficient (Wildman–Crippen LogP) is 2.19. The Morgan fingerprint density at radius 1 is 0.897 bits per heavy atom. The summed E-state index contributed by atoms with van der Waals surface area (Å²) in [6, 6.07) is 11.2. The first kappa shape index (κ1) is 19.0. The fraction of sp³-hybridized carbons (Fsp3) is 0.300. The van der Waals surface area contributed by atoms with Gasteiger partial charge in [0.25, 0.3) is 11.6 Å². The Kier molecular flexibility index (Phi) is 4.98. The van der Waals surface area contributed by atoms with Crippen molar-refractivity contribution < 1.29 is 18.9 Å². The molecule has 29 heavy (non-hydrogen) atoms. The number of amides is 2. The number of hydrogen-bond donors (Lipinski definition) is 0. The maximum atomic E-state index is 13.1. The molecule has 0 aliphatic carbocycles. The van der Waals surface area contributed by atoms with E-state index in [2.05, 4.69) is 4.90 Å². The lowest BCUT2D eigenvalue weighted by atomic mass is 10.1. The van der Waals surface area contributed by atoms with Gasteiger partial charge in [-0.05, 0) is 36.4 Å². The minimum atomic E-state index is -0.522. The van der Waals surface area contributed by atoms with E-state index in [0.29, 0.717) is 31.9 Å².